The third-order valence-corrected chi connectivity index (χ3v) is 2.88. The largest absolute Gasteiger partial charge is 0.373 e. The van der Waals surface area contributed by atoms with Crippen LogP contribution in [0.3, 0.4) is 0 Å². The van der Waals surface area contributed by atoms with Gasteiger partial charge in [0.2, 0.25) is 0 Å². The van der Waals surface area contributed by atoms with Crippen LogP contribution in [0.25, 0.3) is 11.4 Å². The summed E-state index contributed by atoms with van der Waals surface area (Å²) in [5.41, 5.74) is 3.71. The molecule has 5 heteroatoms. The molecule has 90 valence electrons. The molecule has 0 amide bonds. The molecule has 2 aromatic rings. The lowest BCUT2D eigenvalue weighted by Gasteiger charge is -2.09. The number of aromatic nitrogens is 3. The van der Waals surface area contributed by atoms with E-state index in [9.17, 15) is 0 Å². The van der Waals surface area contributed by atoms with Crippen LogP contribution in [0.15, 0.2) is 4.52 Å². The highest BCUT2D eigenvalue weighted by Gasteiger charge is 2.16. The van der Waals surface area contributed by atoms with E-state index in [1.54, 1.807) is 0 Å². The Kier molecular flexibility index (Phi) is 2.83. The summed E-state index contributed by atoms with van der Waals surface area (Å²) in [7, 11) is 1.85. The highest BCUT2D eigenvalue weighted by molar-refractivity contribution is 5.63. The van der Waals surface area contributed by atoms with Crippen LogP contribution in [0.2, 0.25) is 0 Å². The molecule has 17 heavy (non-hydrogen) atoms. The second-order valence-electron chi connectivity index (χ2n) is 4.06. The Morgan fingerprint density at radius 1 is 1.00 bits per heavy atom. The first-order valence-corrected chi connectivity index (χ1v) is 5.50. The SMILES string of the molecule is CNc1nc(-c2c(C)noc2C)nc(C)c1C. The van der Waals surface area contributed by atoms with Gasteiger partial charge < -0.3 is 9.84 Å². The van der Waals surface area contributed by atoms with Crippen molar-refractivity contribution in [1.29, 1.82) is 0 Å². The normalized spacial score (nSPS) is 10.6. The van der Waals surface area contributed by atoms with Crippen LogP contribution in [0.1, 0.15) is 22.7 Å². The van der Waals surface area contributed by atoms with E-state index in [0.717, 1.165) is 34.1 Å². The number of hydrogen-bond donors (Lipinski definition) is 1. The summed E-state index contributed by atoms with van der Waals surface area (Å²) in [4.78, 5) is 8.99. The van der Waals surface area contributed by atoms with Crippen LogP contribution in [-0.4, -0.2) is 22.2 Å². The fourth-order valence-electron chi connectivity index (χ4n) is 1.79. The minimum Gasteiger partial charge on any atom is -0.373 e. The molecule has 5 nitrogen and oxygen atoms in total. The number of nitrogens with zero attached hydrogens (tertiary/aromatic N) is 3. The topological polar surface area (TPSA) is 63.8 Å². The first-order chi connectivity index (χ1) is 8.04. The van der Waals surface area contributed by atoms with Gasteiger partial charge in [-0.2, -0.15) is 0 Å². The van der Waals surface area contributed by atoms with Gasteiger partial charge in [0.1, 0.15) is 11.6 Å². The van der Waals surface area contributed by atoms with Crippen LogP contribution in [0, 0.1) is 27.7 Å². The molecular formula is C12H16N4O. The van der Waals surface area contributed by atoms with E-state index >= 15 is 0 Å². The van der Waals surface area contributed by atoms with Gasteiger partial charge in [0.25, 0.3) is 0 Å². The predicted octanol–water partition coefficient (Wildman–Crippen LogP) is 2.41. The van der Waals surface area contributed by atoms with Crippen molar-refractivity contribution in [1.82, 2.24) is 15.1 Å². The van der Waals surface area contributed by atoms with Crippen molar-refractivity contribution in [2.75, 3.05) is 12.4 Å². The first kappa shape index (κ1) is 11.6. The molecule has 2 aromatic heterocycles. The van der Waals surface area contributed by atoms with Crippen molar-refractivity contribution in [2.45, 2.75) is 27.7 Å². The van der Waals surface area contributed by atoms with Gasteiger partial charge in [-0.05, 0) is 27.7 Å². The van der Waals surface area contributed by atoms with Crippen LogP contribution < -0.4 is 5.32 Å². The molecule has 0 saturated carbocycles. The zero-order valence-corrected chi connectivity index (χ0v) is 10.7. The molecule has 2 heterocycles. The fourth-order valence-corrected chi connectivity index (χ4v) is 1.79. The number of aryl methyl sites for hydroxylation is 3. The van der Waals surface area contributed by atoms with Gasteiger partial charge in [0.05, 0.1) is 11.3 Å². The minimum atomic E-state index is 0.661. The molecule has 0 aliphatic carbocycles. The number of nitrogens with one attached hydrogen (secondary N) is 1. The quantitative estimate of drug-likeness (QED) is 0.861. The van der Waals surface area contributed by atoms with Gasteiger partial charge in [-0.25, -0.2) is 9.97 Å². The second kappa shape index (κ2) is 4.16. The summed E-state index contributed by atoms with van der Waals surface area (Å²) < 4.78 is 5.14. The summed E-state index contributed by atoms with van der Waals surface area (Å²) in [5.74, 6) is 2.24. The van der Waals surface area contributed by atoms with E-state index in [4.69, 9.17) is 4.52 Å². The lowest BCUT2D eigenvalue weighted by atomic mass is 10.1. The zero-order valence-electron chi connectivity index (χ0n) is 10.7. The number of hydrogen-bond acceptors (Lipinski definition) is 5. The van der Waals surface area contributed by atoms with E-state index in [1.807, 2.05) is 34.7 Å². The Morgan fingerprint density at radius 2 is 1.71 bits per heavy atom. The summed E-state index contributed by atoms with van der Waals surface area (Å²) in [6.45, 7) is 7.73. The summed E-state index contributed by atoms with van der Waals surface area (Å²) in [6.07, 6.45) is 0. The Hall–Kier alpha value is -1.91. The highest BCUT2D eigenvalue weighted by Crippen LogP contribution is 2.26. The molecule has 0 spiro atoms. The van der Waals surface area contributed by atoms with Crippen molar-refractivity contribution in [3.63, 3.8) is 0 Å². The maximum absolute atomic E-state index is 5.14. The van der Waals surface area contributed by atoms with E-state index in [-0.39, 0.29) is 0 Å². The zero-order chi connectivity index (χ0) is 12.6. The molecule has 0 radical (unpaired) electrons. The highest BCUT2D eigenvalue weighted by atomic mass is 16.5. The molecule has 0 saturated heterocycles. The second-order valence-corrected chi connectivity index (χ2v) is 4.06. The molecule has 0 aliphatic heterocycles. The average Bonchev–Trinajstić information content (AvgIpc) is 2.62. The monoisotopic (exact) mass is 232 g/mol. The van der Waals surface area contributed by atoms with Crippen molar-refractivity contribution in [3.8, 4) is 11.4 Å². The predicted molar refractivity (Wildman–Crippen MR) is 66.0 cm³/mol. The lowest BCUT2D eigenvalue weighted by Crippen LogP contribution is -2.03. The third-order valence-electron chi connectivity index (χ3n) is 2.88. The fraction of sp³-hybridized carbons (Fsp3) is 0.417. The van der Waals surface area contributed by atoms with E-state index in [0.29, 0.717) is 5.82 Å². The molecular weight excluding hydrogens is 216 g/mol. The standard InChI is InChI=1S/C12H16N4O/c1-6-7(2)14-12(15-11(6)13-5)10-8(3)16-17-9(10)4/h1-5H3,(H,13,14,15). The maximum Gasteiger partial charge on any atom is 0.167 e. The van der Waals surface area contributed by atoms with E-state index < -0.39 is 0 Å². The number of anilines is 1. The van der Waals surface area contributed by atoms with Gasteiger partial charge in [0.15, 0.2) is 5.82 Å². The van der Waals surface area contributed by atoms with Crippen LogP contribution in [0.5, 0.6) is 0 Å². The first-order valence-electron chi connectivity index (χ1n) is 5.50. The molecule has 0 unspecified atom stereocenters. The van der Waals surface area contributed by atoms with Gasteiger partial charge in [-0.1, -0.05) is 5.16 Å². The third kappa shape index (κ3) is 1.88. The molecule has 1 N–H and O–H groups in total. The molecule has 2 rings (SSSR count). The molecule has 0 atom stereocenters. The van der Waals surface area contributed by atoms with Gasteiger partial charge in [-0.15, -0.1) is 0 Å². The van der Waals surface area contributed by atoms with Crippen molar-refractivity contribution in [3.05, 3.63) is 22.7 Å². The van der Waals surface area contributed by atoms with E-state index in [1.165, 1.54) is 0 Å². The van der Waals surface area contributed by atoms with Gasteiger partial charge >= 0.3 is 0 Å². The Labute approximate surface area is 100 Å². The number of rotatable bonds is 2. The summed E-state index contributed by atoms with van der Waals surface area (Å²) in [6, 6.07) is 0. The summed E-state index contributed by atoms with van der Waals surface area (Å²) >= 11 is 0. The Balaban J connectivity index is 2.65. The molecule has 0 fully saturated rings. The molecule has 0 aromatic carbocycles. The van der Waals surface area contributed by atoms with Crippen molar-refractivity contribution in [2.24, 2.45) is 0 Å². The smallest absolute Gasteiger partial charge is 0.167 e. The van der Waals surface area contributed by atoms with E-state index in [2.05, 4.69) is 20.4 Å². The average molecular weight is 232 g/mol. The molecule has 0 aliphatic rings. The van der Waals surface area contributed by atoms with Crippen LogP contribution in [0.4, 0.5) is 5.82 Å². The van der Waals surface area contributed by atoms with Crippen LogP contribution >= 0.6 is 0 Å². The van der Waals surface area contributed by atoms with Gasteiger partial charge in [0, 0.05) is 18.3 Å². The van der Waals surface area contributed by atoms with Crippen molar-refractivity contribution >= 4 is 5.82 Å². The molecule has 0 bridgehead atoms. The Bertz CT molecular complexity index is 540. The maximum atomic E-state index is 5.14. The lowest BCUT2D eigenvalue weighted by molar-refractivity contribution is 0.393. The summed E-state index contributed by atoms with van der Waals surface area (Å²) in [5, 5.41) is 7.00. The van der Waals surface area contributed by atoms with Crippen molar-refractivity contribution < 1.29 is 4.52 Å². The Morgan fingerprint density at radius 3 is 2.24 bits per heavy atom. The van der Waals surface area contributed by atoms with Gasteiger partial charge in [-0.3, -0.25) is 0 Å². The minimum absolute atomic E-state index is 0.661. The van der Waals surface area contributed by atoms with Crippen LogP contribution in [-0.2, 0) is 0 Å².